The summed E-state index contributed by atoms with van der Waals surface area (Å²) in [6.07, 6.45) is 0. The van der Waals surface area contributed by atoms with Crippen molar-refractivity contribution in [1.29, 1.82) is 0 Å². The number of hydrogen-bond acceptors (Lipinski definition) is 4. The van der Waals surface area contributed by atoms with E-state index < -0.39 is 39.0 Å². The summed E-state index contributed by atoms with van der Waals surface area (Å²) in [6.45, 7) is 0.0809. The van der Waals surface area contributed by atoms with E-state index in [0.717, 1.165) is 11.3 Å². The third kappa shape index (κ3) is 3.01. The molecule has 0 saturated carbocycles. The highest BCUT2D eigenvalue weighted by Crippen LogP contribution is 2.28. The molecule has 2 aromatic rings. The first-order chi connectivity index (χ1) is 9.76. The average molecular weight is 340 g/mol. The van der Waals surface area contributed by atoms with Gasteiger partial charge in [-0.05, 0) is 6.07 Å². The van der Waals surface area contributed by atoms with Crippen LogP contribution in [0.25, 0.3) is 0 Å². The molecule has 0 amide bonds. The Balaban J connectivity index is 2.46. The maximum atomic E-state index is 13.4. The van der Waals surface area contributed by atoms with Gasteiger partial charge in [-0.2, -0.15) is 0 Å². The van der Waals surface area contributed by atoms with Gasteiger partial charge in [0.25, 0.3) is 10.0 Å². The molecule has 0 fully saturated rings. The second kappa shape index (κ2) is 5.62. The lowest BCUT2D eigenvalue weighted by Gasteiger charge is -2.09. The fraction of sp³-hybridized carbons (Fsp3) is 0.0909. The fourth-order valence-corrected chi connectivity index (χ4v) is 3.68. The van der Waals surface area contributed by atoms with E-state index in [1.54, 1.807) is 0 Å². The third-order valence-corrected chi connectivity index (χ3v) is 4.93. The molecule has 0 radical (unpaired) electrons. The largest absolute Gasteiger partial charge is 0.326 e. The fourth-order valence-electron chi connectivity index (χ4n) is 1.46. The second-order valence-electron chi connectivity index (χ2n) is 3.90. The highest BCUT2D eigenvalue weighted by molar-refractivity contribution is 7.92. The Morgan fingerprint density at radius 3 is 2.14 bits per heavy atom. The van der Waals surface area contributed by atoms with Crippen molar-refractivity contribution in [2.75, 3.05) is 4.72 Å². The molecule has 0 atom stereocenters. The van der Waals surface area contributed by atoms with Crippen molar-refractivity contribution < 1.29 is 26.0 Å². The Labute approximate surface area is 121 Å². The lowest BCUT2D eigenvalue weighted by Crippen LogP contribution is -2.16. The van der Waals surface area contributed by atoms with Crippen molar-refractivity contribution in [3.05, 3.63) is 45.7 Å². The highest BCUT2D eigenvalue weighted by Gasteiger charge is 2.25. The Kier molecular flexibility index (Phi) is 4.21. The van der Waals surface area contributed by atoms with Crippen molar-refractivity contribution in [2.24, 2.45) is 5.73 Å². The molecule has 0 bridgehead atoms. The van der Waals surface area contributed by atoms with Crippen LogP contribution in [0.5, 0.6) is 0 Å². The summed E-state index contributed by atoms with van der Waals surface area (Å²) >= 11 is 1.02. The van der Waals surface area contributed by atoms with E-state index in [9.17, 15) is 26.0 Å². The predicted octanol–water partition coefficient (Wildman–Crippen LogP) is 2.56. The molecular formula is C11H8F4N2O2S2. The quantitative estimate of drug-likeness (QED) is 0.664. The number of thiophene rings is 1. The van der Waals surface area contributed by atoms with Gasteiger partial charge in [0.15, 0.2) is 23.3 Å². The number of benzene rings is 1. The van der Waals surface area contributed by atoms with Crippen LogP contribution in [0.1, 0.15) is 4.88 Å². The number of nitrogens with two attached hydrogens (primary N) is 1. The zero-order chi connectivity index (χ0) is 15.8. The van der Waals surface area contributed by atoms with Gasteiger partial charge < -0.3 is 5.73 Å². The molecule has 4 nitrogen and oxygen atoms in total. The molecule has 21 heavy (non-hydrogen) atoms. The Hall–Kier alpha value is -1.65. The van der Waals surface area contributed by atoms with Crippen molar-refractivity contribution in [3.8, 4) is 0 Å². The van der Waals surface area contributed by atoms with Crippen LogP contribution in [0, 0.1) is 23.3 Å². The van der Waals surface area contributed by atoms with Crippen LogP contribution in [0.2, 0.25) is 0 Å². The van der Waals surface area contributed by atoms with Crippen LogP contribution in [-0.4, -0.2) is 8.42 Å². The van der Waals surface area contributed by atoms with Crippen LogP contribution in [0.3, 0.4) is 0 Å². The molecule has 114 valence electrons. The topological polar surface area (TPSA) is 72.2 Å². The Bertz CT molecular complexity index is 764. The maximum Gasteiger partial charge on any atom is 0.262 e. The van der Waals surface area contributed by atoms with Gasteiger partial charge in [-0.15, -0.1) is 11.3 Å². The minimum Gasteiger partial charge on any atom is -0.326 e. The number of hydrogen-bond donors (Lipinski definition) is 2. The van der Waals surface area contributed by atoms with Crippen LogP contribution in [0.15, 0.2) is 22.4 Å². The van der Waals surface area contributed by atoms with E-state index in [4.69, 9.17) is 5.73 Å². The van der Waals surface area contributed by atoms with Gasteiger partial charge in [-0.25, -0.2) is 26.0 Å². The summed E-state index contributed by atoms with van der Waals surface area (Å²) in [6, 6.07) is 1.18. The van der Waals surface area contributed by atoms with E-state index in [1.165, 1.54) is 16.2 Å². The van der Waals surface area contributed by atoms with Crippen LogP contribution >= 0.6 is 11.3 Å². The summed E-state index contributed by atoms with van der Waals surface area (Å²) < 4.78 is 78.3. The second-order valence-corrected chi connectivity index (χ2v) is 6.58. The first kappa shape index (κ1) is 15.7. The monoisotopic (exact) mass is 340 g/mol. The first-order valence-electron chi connectivity index (χ1n) is 5.39. The van der Waals surface area contributed by atoms with Crippen LogP contribution in [-0.2, 0) is 16.6 Å². The van der Waals surface area contributed by atoms with Gasteiger partial charge in [0.1, 0.15) is 5.69 Å². The highest BCUT2D eigenvalue weighted by atomic mass is 32.2. The minimum atomic E-state index is -4.39. The Morgan fingerprint density at radius 2 is 1.67 bits per heavy atom. The molecule has 0 saturated heterocycles. The van der Waals surface area contributed by atoms with Crippen molar-refractivity contribution in [2.45, 2.75) is 11.4 Å². The van der Waals surface area contributed by atoms with Gasteiger partial charge in [0.05, 0.1) is 4.90 Å². The van der Waals surface area contributed by atoms with Gasteiger partial charge in [-0.1, -0.05) is 0 Å². The number of anilines is 1. The Morgan fingerprint density at radius 1 is 1.10 bits per heavy atom. The summed E-state index contributed by atoms with van der Waals surface area (Å²) in [7, 11) is -4.39. The summed E-state index contributed by atoms with van der Waals surface area (Å²) in [5.41, 5.74) is 3.91. The van der Waals surface area contributed by atoms with Gasteiger partial charge in [0, 0.05) is 22.9 Å². The number of rotatable bonds is 4. The zero-order valence-corrected chi connectivity index (χ0v) is 11.8. The van der Waals surface area contributed by atoms with E-state index in [0.29, 0.717) is 4.88 Å². The lowest BCUT2D eigenvalue weighted by molar-refractivity contribution is 0.459. The maximum absolute atomic E-state index is 13.4. The standard InChI is InChI=1S/C11H8F4N2O2S2/c12-7-2-8(13)10(15)11(9(7)14)17-21(18,19)6-1-5(3-16)20-4-6/h1-2,4,17H,3,16H2. The normalized spacial score (nSPS) is 11.7. The molecule has 0 aliphatic rings. The van der Waals surface area contributed by atoms with E-state index >= 15 is 0 Å². The molecule has 2 rings (SSSR count). The zero-order valence-electron chi connectivity index (χ0n) is 10.2. The SMILES string of the molecule is NCc1cc(S(=O)(=O)Nc2c(F)c(F)cc(F)c2F)cs1. The molecule has 0 unspecified atom stereocenters. The van der Waals surface area contributed by atoms with Gasteiger partial charge in [-0.3, -0.25) is 4.72 Å². The van der Waals surface area contributed by atoms with Crippen molar-refractivity contribution >= 4 is 27.0 Å². The van der Waals surface area contributed by atoms with Gasteiger partial charge >= 0.3 is 0 Å². The third-order valence-electron chi connectivity index (χ3n) is 2.49. The van der Waals surface area contributed by atoms with Crippen LogP contribution in [0.4, 0.5) is 23.2 Å². The first-order valence-corrected chi connectivity index (χ1v) is 7.76. The smallest absolute Gasteiger partial charge is 0.262 e. The van der Waals surface area contributed by atoms with Gasteiger partial charge in [0.2, 0.25) is 0 Å². The molecule has 0 aliphatic heterocycles. The molecule has 1 aromatic carbocycles. The van der Waals surface area contributed by atoms with Crippen LogP contribution < -0.4 is 10.5 Å². The lowest BCUT2D eigenvalue weighted by atomic mass is 10.3. The molecule has 1 aromatic heterocycles. The molecule has 3 N–H and O–H groups in total. The summed E-state index contributed by atoms with van der Waals surface area (Å²) in [4.78, 5) is 0.207. The average Bonchev–Trinajstić information content (AvgIpc) is 2.91. The van der Waals surface area contributed by atoms with E-state index in [1.807, 2.05) is 0 Å². The molecule has 10 heteroatoms. The van der Waals surface area contributed by atoms with Crippen molar-refractivity contribution in [1.82, 2.24) is 0 Å². The van der Waals surface area contributed by atoms with E-state index in [2.05, 4.69) is 0 Å². The molecule has 0 aliphatic carbocycles. The number of sulfonamides is 1. The minimum absolute atomic E-state index is 0.0143. The van der Waals surface area contributed by atoms with E-state index in [-0.39, 0.29) is 17.5 Å². The number of halogens is 4. The molecular weight excluding hydrogens is 332 g/mol. The number of nitrogens with one attached hydrogen (secondary N) is 1. The van der Waals surface area contributed by atoms with Crippen molar-refractivity contribution in [3.63, 3.8) is 0 Å². The summed E-state index contributed by atoms with van der Waals surface area (Å²) in [5.74, 6) is -7.07. The summed E-state index contributed by atoms with van der Waals surface area (Å²) in [5, 5.41) is 1.19. The predicted molar refractivity (Wildman–Crippen MR) is 69.3 cm³/mol. The molecule has 0 spiro atoms. The molecule has 1 heterocycles.